The van der Waals surface area contributed by atoms with E-state index >= 15 is 0 Å². The lowest BCUT2D eigenvalue weighted by Crippen LogP contribution is -2.51. The fraction of sp³-hybridized carbons (Fsp3) is 0.733. The number of hydrogen-bond donors (Lipinski definition) is 2. The molecule has 1 aliphatic rings. The van der Waals surface area contributed by atoms with Gasteiger partial charge in [-0.25, -0.2) is 9.78 Å². The average molecular weight is 311 g/mol. The van der Waals surface area contributed by atoms with Gasteiger partial charge in [-0.2, -0.15) is 0 Å². The Bertz CT molecular complexity index is 487. The van der Waals surface area contributed by atoms with Crippen LogP contribution in [0.5, 0.6) is 0 Å². The Labute approximate surface area is 130 Å². The zero-order valence-corrected chi connectivity index (χ0v) is 14.1. The van der Waals surface area contributed by atoms with E-state index in [0.29, 0.717) is 19.8 Å². The van der Waals surface area contributed by atoms with Gasteiger partial charge in [0, 0.05) is 30.4 Å². The van der Waals surface area contributed by atoms with E-state index in [0.717, 1.165) is 23.5 Å². The summed E-state index contributed by atoms with van der Waals surface area (Å²) < 4.78 is 5.32. The molecule has 0 aromatic carbocycles. The molecule has 0 spiro atoms. The first-order valence-corrected chi connectivity index (χ1v) is 8.25. The van der Waals surface area contributed by atoms with Crippen LogP contribution in [0, 0.1) is 0 Å². The number of amides is 2. The average Bonchev–Trinajstić information content (AvgIpc) is 2.97. The molecule has 0 unspecified atom stereocenters. The molecule has 0 radical (unpaired) electrons. The molecule has 2 rings (SSSR count). The van der Waals surface area contributed by atoms with Gasteiger partial charge in [0.05, 0.1) is 22.8 Å². The van der Waals surface area contributed by atoms with Gasteiger partial charge >= 0.3 is 6.03 Å². The summed E-state index contributed by atoms with van der Waals surface area (Å²) in [5.41, 5.74) is 0.898. The lowest BCUT2D eigenvalue weighted by atomic mass is 9.98. The first-order chi connectivity index (χ1) is 9.78. The fourth-order valence-corrected chi connectivity index (χ4v) is 3.10. The molecular weight excluding hydrogens is 286 g/mol. The van der Waals surface area contributed by atoms with Gasteiger partial charge in [0.1, 0.15) is 0 Å². The maximum Gasteiger partial charge on any atom is 0.315 e. The molecule has 1 aromatic heterocycles. The third kappa shape index (κ3) is 4.68. The van der Waals surface area contributed by atoms with Gasteiger partial charge in [-0.15, -0.1) is 11.3 Å². The van der Waals surface area contributed by atoms with Crippen molar-refractivity contribution in [3.05, 3.63) is 16.1 Å². The Morgan fingerprint density at radius 1 is 1.52 bits per heavy atom. The van der Waals surface area contributed by atoms with Gasteiger partial charge in [0.15, 0.2) is 0 Å². The Morgan fingerprint density at radius 3 is 2.86 bits per heavy atom. The molecule has 1 atom stereocenters. The molecule has 2 heterocycles. The molecule has 1 aliphatic heterocycles. The van der Waals surface area contributed by atoms with E-state index in [1.165, 1.54) is 0 Å². The van der Waals surface area contributed by atoms with Crippen molar-refractivity contribution < 1.29 is 9.53 Å². The molecule has 5 nitrogen and oxygen atoms in total. The molecule has 0 aliphatic carbocycles. The number of rotatable bonds is 4. The summed E-state index contributed by atoms with van der Waals surface area (Å²) in [5.74, 6) is 0. The van der Waals surface area contributed by atoms with E-state index in [9.17, 15) is 4.79 Å². The minimum absolute atomic E-state index is 0.0881. The van der Waals surface area contributed by atoms with Crippen LogP contribution in [0.15, 0.2) is 5.38 Å². The van der Waals surface area contributed by atoms with Crippen molar-refractivity contribution in [2.24, 2.45) is 0 Å². The molecule has 21 heavy (non-hydrogen) atoms. The summed E-state index contributed by atoms with van der Waals surface area (Å²) in [6, 6.07) is -0.130. The standard InChI is InChI=1S/C15H25N3O2S/c1-14(2,3)12-17-11(9-21-12)5-7-16-13(19)18-15(4)6-8-20-10-15/h9H,5-8,10H2,1-4H3,(H2,16,18,19)/t15-/m0/s1. The minimum Gasteiger partial charge on any atom is -0.379 e. The predicted octanol–water partition coefficient (Wildman–Crippen LogP) is 2.46. The SMILES string of the molecule is CC(C)(C)c1nc(CCNC(=O)N[C@@]2(C)CCOC2)cs1. The molecular formula is C15H25N3O2S. The van der Waals surface area contributed by atoms with E-state index in [1.807, 2.05) is 6.92 Å². The van der Waals surface area contributed by atoms with Gasteiger partial charge < -0.3 is 15.4 Å². The molecule has 6 heteroatoms. The molecule has 0 saturated carbocycles. The van der Waals surface area contributed by atoms with Gasteiger partial charge in [-0.1, -0.05) is 20.8 Å². The van der Waals surface area contributed by atoms with Crippen molar-refractivity contribution in [2.75, 3.05) is 19.8 Å². The highest BCUT2D eigenvalue weighted by Gasteiger charge is 2.31. The first-order valence-electron chi connectivity index (χ1n) is 7.37. The number of carbonyl (C=O) groups excluding carboxylic acids is 1. The zero-order chi connectivity index (χ0) is 15.5. The normalized spacial score (nSPS) is 22.3. The topological polar surface area (TPSA) is 63.2 Å². The second-order valence-electron chi connectivity index (χ2n) is 6.89. The number of aromatic nitrogens is 1. The maximum atomic E-state index is 11.9. The minimum atomic E-state index is -0.232. The number of thiazole rings is 1. The van der Waals surface area contributed by atoms with Crippen molar-refractivity contribution in [3.8, 4) is 0 Å². The van der Waals surface area contributed by atoms with Crippen LogP contribution in [-0.4, -0.2) is 36.3 Å². The summed E-state index contributed by atoms with van der Waals surface area (Å²) >= 11 is 1.68. The third-order valence-corrected chi connectivity index (χ3v) is 4.81. The van der Waals surface area contributed by atoms with E-state index in [1.54, 1.807) is 11.3 Å². The fourth-order valence-electron chi connectivity index (χ4n) is 2.15. The Balaban J connectivity index is 1.74. The summed E-state index contributed by atoms with van der Waals surface area (Å²) in [5, 5.41) is 9.08. The molecule has 118 valence electrons. The quantitative estimate of drug-likeness (QED) is 0.898. The number of nitrogens with one attached hydrogen (secondary N) is 2. The number of nitrogens with zero attached hydrogens (tertiary/aromatic N) is 1. The highest BCUT2D eigenvalue weighted by Crippen LogP contribution is 2.25. The first kappa shape index (κ1) is 16.2. The molecule has 2 N–H and O–H groups in total. The summed E-state index contributed by atoms with van der Waals surface area (Å²) in [7, 11) is 0. The second-order valence-corrected chi connectivity index (χ2v) is 7.75. The van der Waals surface area contributed by atoms with Crippen LogP contribution in [0.25, 0.3) is 0 Å². The zero-order valence-electron chi connectivity index (χ0n) is 13.3. The lowest BCUT2D eigenvalue weighted by molar-refractivity contribution is 0.170. The van der Waals surface area contributed by atoms with Crippen LogP contribution in [-0.2, 0) is 16.6 Å². The monoisotopic (exact) mass is 311 g/mol. The van der Waals surface area contributed by atoms with E-state index in [2.05, 4.69) is 41.8 Å². The summed E-state index contributed by atoms with van der Waals surface area (Å²) in [6.45, 7) is 10.4. The van der Waals surface area contributed by atoms with Crippen LogP contribution in [0.3, 0.4) is 0 Å². The highest BCUT2D eigenvalue weighted by atomic mass is 32.1. The van der Waals surface area contributed by atoms with E-state index < -0.39 is 0 Å². The predicted molar refractivity (Wildman–Crippen MR) is 84.9 cm³/mol. The number of urea groups is 1. The van der Waals surface area contributed by atoms with Crippen molar-refractivity contribution in [2.45, 2.75) is 51.5 Å². The lowest BCUT2D eigenvalue weighted by Gasteiger charge is -2.23. The molecule has 0 bridgehead atoms. The van der Waals surface area contributed by atoms with Crippen LogP contribution in [0.2, 0.25) is 0 Å². The van der Waals surface area contributed by atoms with Crippen LogP contribution in [0.4, 0.5) is 4.79 Å². The Kier molecular flexibility index (Phi) is 4.88. The van der Waals surface area contributed by atoms with Crippen LogP contribution >= 0.6 is 11.3 Å². The Morgan fingerprint density at radius 2 is 2.29 bits per heavy atom. The number of ether oxygens (including phenoxy) is 1. The third-order valence-electron chi connectivity index (χ3n) is 3.49. The van der Waals surface area contributed by atoms with Crippen molar-refractivity contribution in [1.29, 1.82) is 0 Å². The Hall–Kier alpha value is -1.14. The molecule has 2 amide bonds. The highest BCUT2D eigenvalue weighted by molar-refractivity contribution is 7.09. The smallest absolute Gasteiger partial charge is 0.315 e. The maximum absolute atomic E-state index is 11.9. The number of hydrogen-bond acceptors (Lipinski definition) is 4. The van der Waals surface area contributed by atoms with Crippen LogP contribution < -0.4 is 10.6 Å². The van der Waals surface area contributed by atoms with Crippen molar-refractivity contribution in [1.82, 2.24) is 15.6 Å². The van der Waals surface area contributed by atoms with Gasteiger partial charge in [-0.05, 0) is 13.3 Å². The van der Waals surface area contributed by atoms with Gasteiger partial charge in [0.2, 0.25) is 0 Å². The van der Waals surface area contributed by atoms with Gasteiger partial charge in [-0.3, -0.25) is 0 Å². The van der Waals surface area contributed by atoms with Crippen molar-refractivity contribution >= 4 is 17.4 Å². The molecule has 1 saturated heterocycles. The van der Waals surface area contributed by atoms with E-state index in [-0.39, 0.29) is 17.0 Å². The second kappa shape index (κ2) is 6.32. The summed E-state index contributed by atoms with van der Waals surface area (Å²) in [6.07, 6.45) is 1.62. The largest absolute Gasteiger partial charge is 0.379 e. The summed E-state index contributed by atoms with van der Waals surface area (Å²) in [4.78, 5) is 16.5. The molecule has 1 aromatic rings. The van der Waals surface area contributed by atoms with Crippen molar-refractivity contribution in [3.63, 3.8) is 0 Å². The van der Waals surface area contributed by atoms with E-state index in [4.69, 9.17) is 4.74 Å². The number of carbonyl (C=O) groups is 1. The van der Waals surface area contributed by atoms with Crippen LogP contribution in [0.1, 0.15) is 44.8 Å². The molecule has 1 fully saturated rings. The van der Waals surface area contributed by atoms with Gasteiger partial charge in [0.25, 0.3) is 0 Å².